The summed E-state index contributed by atoms with van der Waals surface area (Å²) in [5.41, 5.74) is 4.93. The van der Waals surface area contributed by atoms with E-state index in [1.165, 1.54) is 12.1 Å². The third kappa shape index (κ3) is 3.57. The average Bonchev–Trinajstić information content (AvgIpc) is 2.73. The molecule has 0 spiro atoms. The first-order valence-electron chi connectivity index (χ1n) is 9.55. The first-order chi connectivity index (χ1) is 14.5. The van der Waals surface area contributed by atoms with Gasteiger partial charge in [-0.05, 0) is 47.4 Å². The molecule has 0 saturated heterocycles. The molecule has 4 N–H and O–H groups in total. The van der Waals surface area contributed by atoms with Crippen molar-refractivity contribution < 1.29 is 34.5 Å². The van der Waals surface area contributed by atoms with Crippen molar-refractivity contribution in [1.82, 2.24) is 5.48 Å². The van der Waals surface area contributed by atoms with Crippen LogP contribution in [0.3, 0.4) is 0 Å². The van der Waals surface area contributed by atoms with Crippen LogP contribution in [-0.4, -0.2) is 40.5 Å². The summed E-state index contributed by atoms with van der Waals surface area (Å²) in [6, 6.07) is 13.9. The maximum Gasteiger partial charge on any atom is 0.311 e. The Labute approximate surface area is 172 Å². The summed E-state index contributed by atoms with van der Waals surface area (Å²) in [5, 5.41) is 29.4. The number of phenols is 1. The number of para-hydroxylation sites is 1. The van der Waals surface area contributed by atoms with Gasteiger partial charge in [-0.1, -0.05) is 24.3 Å². The van der Waals surface area contributed by atoms with E-state index in [1.54, 1.807) is 6.07 Å². The van der Waals surface area contributed by atoms with E-state index in [1.807, 2.05) is 30.3 Å². The lowest BCUT2D eigenvalue weighted by molar-refractivity contribution is -0.153. The molecule has 0 heterocycles. The maximum atomic E-state index is 12.0. The monoisotopic (exact) mass is 411 g/mol. The summed E-state index contributed by atoms with van der Waals surface area (Å²) in [5.74, 6) is -4.53. The number of carboxylic acids is 2. The van der Waals surface area contributed by atoms with Gasteiger partial charge in [0.25, 0.3) is 0 Å². The fraction of sp³-hybridized carbons (Fsp3) is 0.273. The highest BCUT2D eigenvalue weighted by atomic mass is 16.7. The van der Waals surface area contributed by atoms with Crippen LogP contribution in [-0.2, 0) is 14.4 Å². The molecule has 3 aliphatic carbocycles. The quantitative estimate of drug-likeness (QED) is 0.386. The van der Waals surface area contributed by atoms with Gasteiger partial charge in [-0.2, -0.15) is 0 Å². The summed E-state index contributed by atoms with van der Waals surface area (Å²) in [6.07, 6.45) is 0.313. The number of nitrogens with one attached hydrogen (secondary N) is 1. The number of hydrogen-bond acceptors (Lipinski definition) is 6. The van der Waals surface area contributed by atoms with Crippen molar-refractivity contribution in [1.29, 1.82) is 0 Å². The van der Waals surface area contributed by atoms with Crippen LogP contribution < -0.4 is 10.2 Å². The number of hydroxylamine groups is 1. The molecule has 8 heteroatoms. The second-order valence-corrected chi connectivity index (χ2v) is 7.27. The van der Waals surface area contributed by atoms with E-state index in [-0.39, 0.29) is 19.0 Å². The summed E-state index contributed by atoms with van der Waals surface area (Å²) < 4.78 is 5.55. The number of carbonyl (C=O) groups is 2. The highest BCUT2D eigenvalue weighted by Gasteiger charge is 2.52. The first-order valence-corrected chi connectivity index (χ1v) is 9.55. The summed E-state index contributed by atoms with van der Waals surface area (Å²) in [6.45, 7) is 0.476. The van der Waals surface area contributed by atoms with Crippen LogP contribution in [0.15, 0.2) is 54.2 Å². The Morgan fingerprint density at radius 3 is 2.50 bits per heavy atom. The van der Waals surface area contributed by atoms with Crippen LogP contribution in [0.1, 0.15) is 23.5 Å². The number of rotatable bonds is 8. The van der Waals surface area contributed by atoms with E-state index in [2.05, 4.69) is 5.48 Å². The molecule has 30 heavy (non-hydrogen) atoms. The number of aromatic hydroxyl groups is 1. The van der Waals surface area contributed by atoms with Crippen LogP contribution in [0.25, 0.3) is 5.57 Å². The van der Waals surface area contributed by atoms with Crippen molar-refractivity contribution in [2.45, 2.75) is 12.3 Å². The van der Waals surface area contributed by atoms with Crippen molar-refractivity contribution in [3.05, 3.63) is 65.4 Å². The van der Waals surface area contributed by atoms with Gasteiger partial charge in [0.1, 0.15) is 24.7 Å². The van der Waals surface area contributed by atoms with Crippen molar-refractivity contribution in [3.63, 3.8) is 0 Å². The fourth-order valence-electron chi connectivity index (χ4n) is 4.34. The molecule has 3 unspecified atom stereocenters. The Morgan fingerprint density at radius 2 is 1.80 bits per heavy atom. The van der Waals surface area contributed by atoms with Crippen molar-refractivity contribution >= 4 is 17.5 Å². The minimum atomic E-state index is -1.23. The number of phenolic OH excluding ortho intramolecular Hbond substituents is 1. The smallest absolute Gasteiger partial charge is 0.311 e. The Morgan fingerprint density at radius 1 is 1.03 bits per heavy atom. The topological polar surface area (TPSA) is 125 Å². The van der Waals surface area contributed by atoms with Gasteiger partial charge in [0.2, 0.25) is 0 Å². The van der Waals surface area contributed by atoms with E-state index in [0.29, 0.717) is 29.0 Å². The zero-order valence-electron chi connectivity index (χ0n) is 15.9. The maximum absolute atomic E-state index is 12.0. The Kier molecular flexibility index (Phi) is 5.33. The van der Waals surface area contributed by atoms with Crippen molar-refractivity contribution in [2.75, 3.05) is 13.2 Å². The number of allylic oxidation sites excluding steroid dienone is 1. The molecule has 3 aliphatic rings. The van der Waals surface area contributed by atoms with Gasteiger partial charge < -0.3 is 20.1 Å². The molecule has 2 bridgehead atoms. The second kappa shape index (κ2) is 8.08. The van der Waals surface area contributed by atoms with Crippen molar-refractivity contribution in [2.24, 2.45) is 11.8 Å². The third-order valence-corrected chi connectivity index (χ3v) is 5.52. The lowest BCUT2D eigenvalue weighted by atomic mass is 9.60. The second-order valence-electron chi connectivity index (χ2n) is 7.27. The number of carboxylic acid groups (broad SMARTS) is 2. The van der Waals surface area contributed by atoms with Crippen molar-refractivity contribution in [3.8, 4) is 11.5 Å². The number of hydrogen-bond donors (Lipinski definition) is 4. The van der Waals surface area contributed by atoms with E-state index in [9.17, 15) is 24.9 Å². The third-order valence-electron chi connectivity index (χ3n) is 5.52. The first kappa shape index (κ1) is 19.8. The summed E-state index contributed by atoms with van der Waals surface area (Å²) in [4.78, 5) is 29.3. The number of aliphatic carboxylic acids is 2. The van der Waals surface area contributed by atoms with E-state index >= 15 is 0 Å². The minimum absolute atomic E-state index is 0.0126. The molecule has 0 fully saturated rings. The molecule has 2 aromatic rings. The molecule has 0 aromatic heterocycles. The molecule has 3 atom stereocenters. The van der Waals surface area contributed by atoms with E-state index in [4.69, 9.17) is 9.57 Å². The normalized spacial score (nSPS) is 21.8. The fourth-order valence-corrected chi connectivity index (χ4v) is 4.34. The van der Waals surface area contributed by atoms with Gasteiger partial charge in [0.05, 0.1) is 11.8 Å². The molecule has 5 rings (SSSR count). The predicted molar refractivity (Wildman–Crippen MR) is 106 cm³/mol. The lowest BCUT2D eigenvalue weighted by Gasteiger charge is -2.43. The predicted octanol–water partition coefficient (Wildman–Crippen LogP) is 2.61. The molecule has 0 radical (unpaired) electrons. The van der Waals surface area contributed by atoms with Gasteiger partial charge in [-0.25, -0.2) is 0 Å². The van der Waals surface area contributed by atoms with Gasteiger partial charge in [0.15, 0.2) is 0 Å². The number of benzene rings is 2. The van der Waals surface area contributed by atoms with Gasteiger partial charge >= 0.3 is 11.9 Å². The molecular formula is C22H21NO7. The summed E-state index contributed by atoms with van der Waals surface area (Å²) >= 11 is 0. The molecule has 2 aromatic carbocycles. The van der Waals surface area contributed by atoms with Gasteiger partial charge in [0, 0.05) is 11.6 Å². The minimum Gasteiger partial charge on any atom is -0.508 e. The van der Waals surface area contributed by atoms with Gasteiger partial charge in [-0.3, -0.25) is 19.9 Å². The average molecular weight is 411 g/mol. The molecule has 0 saturated carbocycles. The highest BCUT2D eigenvalue weighted by molar-refractivity contribution is 5.97. The van der Waals surface area contributed by atoms with Gasteiger partial charge in [-0.15, -0.1) is 0 Å². The lowest BCUT2D eigenvalue weighted by Crippen LogP contribution is -2.44. The molecule has 8 nitrogen and oxygen atoms in total. The summed E-state index contributed by atoms with van der Waals surface area (Å²) in [7, 11) is 0. The Hall–Kier alpha value is -3.52. The zero-order valence-corrected chi connectivity index (χ0v) is 15.9. The zero-order chi connectivity index (χ0) is 21.3. The SMILES string of the molecule is O=C(O)C1C2=C(NOCCOc3ccccc3)CC(c3ccc(O)cc32)C1C(=O)O. The standard InChI is InChI=1S/C22H21NO7/c24-12-6-7-14-15(10-12)18-17(11-16(14)19(21(25)26)20(18)22(27)28)23-30-9-8-29-13-4-2-1-3-5-13/h1-7,10,16,19-20,23-24H,8-9,11H2,(H,25,26)(H,27,28). The van der Waals surface area contributed by atoms with Crippen LogP contribution in [0.5, 0.6) is 11.5 Å². The van der Waals surface area contributed by atoms with Crippen LogP contribution in [0.4, 0.5) is 0 Å². The molecule has 0 amide bonds. The molecular weight excluding hydrogens is 390 g/mol. The largest absolute Gasteiger partial charge is 0.508 e. The Balaban J connectivity index is 1.55. The number of fused-ring (bicyclic) bond motifs is 2. The van der Waals surface area contributed by atoms with E-state index in [0.717, 1.165) is 5.56 Å². The highest BCUT2D eigenvalue weighted by Crippen LogP contribution is 2.55. The Bertz CT molecular complexity index is 1000. The molecule has 156 valence electrons. The number of ether oxygens (including phenoxy) is 1. The van der Waals surface area contributed by atoms with Crippen LogP contribution >= 0.6 is 0 Å². The van der Waals surface area contributed by atoms with E-state index < -0.39 is 29.7 Å². The van der Waals surface area contributed by atoms with Crippen LogP contribution in [0.2, 0.25) is 0 Å². The molecule has 0 aliphatic heterocycles. The van der Waals surface area contributed by atoms with Crippen LogP contribution in [0, 0.1) is 11.8 Å².